The SMILES string of the molecule is C=CCOc1ccc(C(O)CCN2CCN(CC(OCC)c3ccccc3)CC2)cc1. The van der Waals surface area contributed by atoms with Crippen molar-refractivity contribution in [2.45, 2.75) is 25.6 Å². The summed E-state index contributed by atoms with van der Waals surface area (Å²) in [5.41, 5.74) is 2.18. The number of hydrogen-bond donors (Lipinski definition) is 1. The van der Waals surface area contributed by atoms with Crippen molar-refractivity contribution >= 4 is 0 Å². The maximum absolute atomic E-state index is 10.6. The quantitative estimate of drug-likeness (QED) is 0.521. The van der Waals surface area contributed by atoms with Gasteiger partial charge in [0.25, 0.3) is 0 Å². The van der Waals surface area contributed by atoms with Gasteiger partial charge in [-0.15, -0.1) is 0 Å². The zero-order chi connectivity index (χ0) is 21.9. The highest BCUT2D eigenvalue weighted by Gasteiger charge is 2.22. The number of nitrogens with zero attached hydrogens (tertiary/aromatic N) is 2. The lowest BCUT2D eigenvalue weighted by Gasteiger charge is -2.36. The van der Waals surface area contributed by atoms with Crippen LogP contribution in [0.4, 0.5) is 0 Å². The first-order valence-corrected chi connectivity index (χ1v) is 11.3. The number of benzene rings is 2. The first-order chi connectivity index (χ1) is 15.2. The molecular weight excluding hydrogens is 388 g/mol. The molecule has 2 atom stereocenters. The molecule has 1 aliphatic rings. The van der Waals surface area contributed by atoms with Gasteiger partial charge in [0, 0.05) is 45.9 Å². The minimum absolute atomic E-state index is 0.123. The van der Waals surface area contributed by atoms with Crippen LogP contribution in [-0.2, 0) is 4.74 Å². The van der Waals surface area contributed by atoms with Gasteiger partial charge in [0.15, 0.2) is 0 Å². The molecule has 0 amide bonds. The minimum Gasteiger partial charge on any atom is -0.490 e. The van der Waals surface area contributed by atoms with Crippen LogP contribution in [0.25, 0.3) is 0 Å². The molecule has 0 radical (unpaired) electrons. The second kappa shape index (κ2) is 12.6. The van der Waals surface area contributed by atoms with E-state index >= 15 is 0 Å². The second-order valence-electron chi connectivity index (χ2n) is 7.97. The second-order valence-corrected chi connectivity index (χ2v) is 7.97. The van der Waals surface area contributed by atoms with Gasteiger partial charge in [-0.05, 0) is 36.6 Å². The first kappa shape index (κ1) is 23.5. The Bertz CT molecular complexity index is 758. The Morgan fingerprint density at radius 3 is 2.29 bits per heavy atom. The highest BCUT2D eigenvalue weighted by Crippen LogP contribution is 2.22. The highest BCUT2D eigenvalue weighted by atomic mass is 16.5. The monoisotopic (exact) mass is 424 g/mol. The molecule has 0 bridgehead atoms. The molecule has 0 aromatic heterocycles. The predicted molar refractivity (Wildman–Crippen MR) is 125 cm³/mol. The van der Waals surface area contributed by atoms with Crippen molar-refractivity contribution < 1.29 is 14.6 Å². The maximum atomic E-state index is 10.6. The molecule has 1 saturated heterocycles. The number of aliphatic hydroxyl groups excluding tert-OH is 1. The lowest BCUT2D eigenvalue weighted by molar-refractivity contribution is 0.0167. The average molecular weight is 425 g/mol. The van der Waals surface area contributed by atoms with Crippen LogP contribution < -0.4 is 4.74 Å². The van der Waals surface area contributed by atoms with Gasteiger partial charge < -0.3 is 19.5 Å². The Labute approximate surface area is 186 Å². The van der Waals surface area contributed by atoms with Gasteiger partial charge in [0.1, 0.15) is 12.4 Å². The number of ether oxygens (including phenoxy) is 2. The Balaban J connectivity index is 1.41. The summed E-state index contributed by atoms with van der Waals surface area (Å²) in [5, 5.41) is 10.6. The summed E-state index contributed by atoms with van der Waals surface area (Å²) in [6.07, 6.45) is 2.13. The van der Waals surface area contributed by atoms with E-state index in [9.17, 15) is 5.11 Å². The van der Waals surface area contributed by atoms with E-state index in [0.717, 1.165) is 63.6 Å². The van der Waals surface area contributed by atoms with Gasteiger partial charge in [-0.3, -0.25) is 4.90 Å². The molecule has 0 saturated carbocycles. The van der Waals surface area contributed by atoms with E-state index in [4.69, 9.17) is 9.47 Å². The standard InChI is InChI=1S/C26H36N2O3/c1-3-20-31-24-12-10-22(11-13-24)25(29)14-15-27-16-18-28(19-17-27)21-26(30-4-2)23-8-6-5-7-9-23/h3,5-13,25-26,29H,1,4,14-21H2,2H3. The average Bonchev–Trinajstić information content (AvgIpc) is 2.82. The molecule has 1 heterocycles. The van der Waals surface area contributed by atoms with Crippen LogP contribution in [-0.4, -0.2) is 67.4 Å². The van der Waals surface area contributed by atoms with E-state index < -0.39 is 6.10 Å². The fourth-order valence-corrected chi connectivity index (χ4v) is 3.97. The summed E-state index contributed by atoms with van der Waals surface area (Å²) in [4.78, 5) is 4.93. The zero-order valence-corrected chi connectivity index (χ0v) is 18.7. The molecule has 5 heteroatoms. The van der Waals surface area contributed by atoms with Gasteiger partial charge in [-0.25, -0.2) is 0 Å². The topological polar surface area (TPSA) is 45.2 Å². The summed E-state index contributed by atoms with van der Waals surface area (Å²) < 4.78 is 11.5. The van der Waals surface area contributed by atoms with Crippen molar-refractivity contribution in [2.75, 3.05) is 52.5 Å². The molecule has 0 spiro atoms. The lowest BCUT2D eigenvalue weighted by atomic mass is 10.1. The summed E-state index contributed by atoms with van der Waals surface area (Å²) >= 11 is 0. The molecule has 5 nitrogen and oxygen atoms in total. The van der Waals surface area contributed by atoms with Crippen LogP contribution in [0.15, 0.2) is 67.3 Å². The molecule has 3 rings (SSSR count). The fourth-order valence-electron chi connectivity index (χ4n) is 3.97. The third kappa shape index (κ3) is 7.47. The molecule has 2 unspecified atom stereocenters. The van der Waals surface area contributed by atoms with Crippen molar-refractivity contribution in [3.8, 4) is 5.75 Å². The van der Waals surface area contributed by atoms with Gasteiger partial charge in [-0.2, -0.15) is 0 Å². The van der Waals surface area contributed by atoms with E-state index in [2.05, 4.69) is 47.6 Å². The van der Waals surface area contributed by atoms with Gasteiger partial charge in [0.2, 0.25) is 0 Å². The number of rotatable bonds is 12. The predicted octanol–water partition coefficient (Wildman–Crippen LogP) is 4.07. The normalized spacial score (nSPS) is 17.2. The molecule has 1 N–H and O–H groups in total. The summed E-state index contributed by atoms with van der Waals surface area (Å²) in [5.74, 6) is 0.799. The summed E-state index contributed by atoms with van der Waals surface area (Å²) in [6, 6.07) is 18.2. The first-order valence-electron chi connectivity index (χ1n) is 11.3. The van der Waals surface area contributed by atoms with Crippen LogP contribution >= 0.6 is 0 Å². The van der Waals surface area contributed by atoms with Crippen LogP contribution in [0, 0.1) is 0 Å². The summed E-state index contributed by atoms with van der Waals surface area (Å²) in [7, 11) is 0. The Morgan fingerprint density at radius 1 is 0.968 bits per heavy atom. The van der Waals surface area contributed by atoms with Crippen molar-refractivity contribution in [3.63, 3.8) is 0 Å². The largest absolute Gasteiger partial charge is 0.490 e. The molecule has 2 aromatic carbocycles. The maximum Gasteiger partial charge on any atom is 0.119 e. The number of hydrogen-bond acceptors (Lipinski definition) is 5. The Hall–Kier alpha value is -2.18. The van der Waals surface area contributed by atoms with Gasteiger partial charge >= 0.3 is 0 Å². The Morgan fingerprint density at radius 2 is 1.65 bits per heavy atom. The molecule has 1 fully saturated rings. The van der Waals surface area contributed by atoms with Gasteiger partial charge in [0.05, 0.1) is 12.2 Å². The minimum atomic E-state index is -0.452. The molecule has 0 aliphatic carbocycles. The van der Waals surface area contributed by atoms with Crippen LogP contribution in [0.2, 0.25) is 0 Å². The third-order valence-corrected chi connectivity index (χ3v) is 5.78. The van der Waals surface area contributed by atoms with Crippen LogP contribution in [0.3, 0.4) is 0 Å². The molecule has 168 valence electrons. The highest BCUT2D eigenvalue weighted by molar-refractivity contribution is 5.28. The van der Waals surface area contributed by atoms with Gasteiger partial charge in [-0.1, -0.05) is 55.1 Å². The fraction of sp³-hybridized carbons (Fsp3) is 0.462. The smallest absolute Gasteiger partial charge is 0.119 e. The molecule has 2 aromatic rings. The van der Waals surface area contributed by atoms with E-state index in [1.54, 1.807) is 6.08 Å². The molecule has 31 heavy (non-hydrogen) atoms. The van der Waals surface area contributed by atoms with Crippen LogP contribution in [0.5, 0.6) is 5.75 Å². The van der Waals surface area contributed by atoms with Crippen LogP contribution in [0.1, 0.15) is 36.7 Å². The third-order valence-electron chi connectivity index (χ3n) is 5.78. The van der Waals surface area contributed by atoms with Crippen molar-refractivity contribution in [2.24, 2.45) is 0 Å². The van der Waals surface area contributed by atoms with Crippen molar-refractivity contribution in [1.82, 2.24) is 9.80 Å². The van der Waals surface area contributed by atoms with E-state index in [1.807, 2.05) is 30.3 Å². The van der Waals surface area contributed by atoms with E-state index in [1.165, 1.54) is 5.56 Å². The zero-order valence-electron chi connectivity index (χ0n) is 18.7. The number of piperazine rings is 1. The molecular formula is C26H36N2O3. The summed E-state index contributed by atoms with van der Waals surface area (Å²) in [6.45, 7) is 12.8. The lowest BCUT2D eigenvalue weighted by Crippen LogP contribution is -2.48. The van der Waals surface area contributed by atoms with Crippen molar-refractivity contribution in [1.29, 1.82) is 0 Å². The molecule has 1 aliphatic heterocycles. The number of aliphatic hydroxyl groups is 1. The van der Waals surface area contributed by atoms with E-state index in [-0.39, 0.29) is 6.10 Å². The Kier molecular flexibility index (Phi) is 9.56. The van der Waals surface area contributed by atoms with Crippen molar-refractivity contribution in [3.05, 3.63) is 78.4 Å². The van der Waals surface area contributed by atoms with E-state index in [0.29, 0.717) is 6.61 Å².